The molecule has 1 fully saturated rings. The van der Waals surface area contributed by atoms with E-state index in [2.05, 4.69) is 38.4 Å². The van der Waals surface area contributed by atoms with Crippen molar-refractivity contribution in [3.63, 3.8) is 0 Å². The lowest BCUT2D eigenvalue weighted by Gasteiger charge is -2.07. The van der Waals surface area contributed by atoms with Gasteiger partial charge in [-0.3, -0.25) is 0 Å². The molecule has 3 N–H and O–H groups in total. The fourth-order valence-corrected chi connectivity index (χ4v) is 3.81. The highest BCUT2D eigenvalue weighted by molar-refractivity contribution is 14.0. The van der Waals surface area contributed by atoms with Crippen molar-refractivity contribution >= 4 is 62.9 Å². The van der Waals surface area contributed by atoms with Crippen LogP contribution in [0.1, 0.15) is 17.2 Å². The number of nitrogens with one attached hydrogen (secondary N) is 1. The maximum absolute atomic E-state index is 5.98. The van der Waals surface area contributed by atoms with Crippen LogP contribution in [0.15, 0.2) is 45.2 Å². The number of nitrogens with two attached hydrogens (primary N) is 1. The fraction of sp³-hybridized carbons (Fsp3) is 0.267. The van der Waals surface area contributed by atoms with E-state index in [9.17, 15) is 0 Å². The Kier molecular flexibility index (Phi) is 6.10. The van der Waals surface area contributed by atoms with Gasteiger partial charge in [0.1, 0.15) is 5.75 Å². The van der Waals surface area contributed by atoms with E-state index in [1.165, 1.54) is 4.88 Å². The molecular formula is C15H17BrIN3OS. The van der Waals surface area contributed by atoms with Crippen LogP contribution in [0.25, 0.3) is 0 Å². The van der Waals surface area contributed by atoms with Gasteiger partial charge in [0.05, 0.1) is 16.9 Å². The summed E-state index contributed by atoms with van der Waals surface area (Å²) in [6.45, 7) is 0. The molecule has 1 heterocycles. The molecule has 2 atom stereocenters. The second-order valence-electron chi connectivity index (χ2n) is 4.92. The van der Waals surface area contributed by atoms with Crippen LogP contribution in [0.5, 0.6) is 5.75 Å². The van der Waals surface area contributed by atoms with Crippen LogP contribution < -0.4 is 15.8 Å². The summed E-state index contributed by atoms with van der Waals surface area (Å²) in [5, 5.41) is 3.11. The number of thiophene rings is 1. The van der Waals surface area contributed by atoms with Gasteiger partial charge < -0.3 is 15.8 Å². The van der Waals surface area contributed by atoms with Gasteiger partial charge in [-0.1, -0.05) is 6.07 Å². The number of hydrogen-bond donors (Lipinski definition) is 2. The van der Waals surface area contributed by atoms with Gasteiger partial charge in [-0.2, -0.15) is 0 Å². The van der Waals surface area contributed by atoms with Crippen LogP contribution in [0, 0.1) is 0 Å². The molecule has 0 amide bonds. The first-order valence-corrected chi connectivity index (χ1v) is 8.26. The van der Waals surface area contributed by atoms with E-state index in [0.29, 0.717) is 11.9 Å². The van der Waals surface area contributed by atoms with Gasteiger partial charge in [0.2, 0.25) is 0 Å². The van der Waals surface area contributed by atoms with Crippen LogP contribution in [0.2, 0.25) is 0 Å². The molecule has 1 aromatic carbocycles. The van der Waals surface area contributed by atoms with Crippen LogP contribution in [-0.2, 0) is 0 Å². The molecule has 1 aromatic heterocycles. The maximum Gasteiger partial charge on any atom is 0.193 e. The Hall–Kier alpha value is -0.800. The van der Waals surface area contributed by atoms with Crippen molar-refractivity contribution in [1.29, 1.82) is 0 Å². The zero-order valence-corrected chi connectivity index (χ0v) is 16.7. The Morgan fingerprint density at radius 2 is 2.23 bits per heavy atom. The third kappa shape index (κ3) is 4.36. The smallest absolute Gasteiger partial charge is 0.193 e. The molecule has 7 heteroatoms. The highest BCUT2D eigenvalue weighted by Crippen LogP contribution is 2.46. The highest BCUT2D eigenvalue weighted by atomic mass is 127. The largest absolute Gasteiger partial charge is 0.497 e. The lowest BCUT2D eigenvalue weighted by Crippen LogP contribution is -2.23. The van der Waals surface area contributed by atoms with Crippen LogP contribution in [0.4, 0.5) is 5.69 Å². The predicted molar refractivity (Wildman–Crippen MR) is 107 cm³/mol. The Bertz CT molecular complexity index is 676. The number of ether oxygens (including phenoxy) is 1. The first-order valence-electron chi connectivity index (χ1n) is 6.65. The standard InChI is InChI=1S/C15H16BrN3OS.HI/c1-20-10-4-2-3-9(7-10)18-15(17)19-12-8-11(12)13-5-6-14(16)21-13;/h2-7,11-12H,8H2,1H3,(H3,17,18,19);1H/t11-,12-;/m1./s1. The van der Waals surface area contributed by atoms with E-state index in [-0.39, 0.29) is 30.0 Å². The maximum atomic E-state index is 5.98. The molecule has 1 aliphatic carbocycles. The van der Waals surface area contributed by atoms with E-state index in [4.69, 9.17) is 10.5 Å². The molecule has 3 rings (SSSR count). The number of methoxy groups -OCH3 is 1. The lowest BCUT2D eigenvalue weighted by molar-refractivity contribution is 0.415. The molecule has 0 aliphatic heterocycles. The first-order chi connectivity index (χ1) is 10.2. The molecule has 1 aliphatic rings. The van der Waals surface area contributed by atoms with Crippen molar-refractivity contribution in [2.75, 3.05) is 12.4 Å². The number of rotatable bonds is 4. The molecule has 118 valence electrons. The number of nitrogens with zero attached hydrogens (tertiary/aromatic N) is 1. The zero-order valence-electron chi connectivity index (χ0n) is 12.0. The summed E-state index contributed by atoms with van der Waals surface area (Å²) in [4.78, 5) is 5.91. The van der Waals surface area contributed by atoms with Crippen LogP contribution in [0.3, 0.4) is 0 Å². The van der Waals surface area contributed by atoms with E-state index in [1.54, 1.807) is 18.4 Å². The molecule has 0 unspecified atom stereocenters. The van der Waals surface area contributed by atoms with Crippen LogP contribution in [-0.4, -0.2) is 19.1 Å². The number of halogens is 2. The van der Waals surface area contributed by atoms with E-state index in [0.717, 1.165) is 21.6 Å². The molecule has 1 saturated carbocycles. The van der Waals surface area contributed by atoms with Crippen molar-refractivity contribution in [1.82, 2.24) is 0 Å². The molecule has 0 radical (unpaired) electrons. The Balaban J connectivity index is 0.00000176. The van der Waals surface area contributed by atoms with Gasteiger partial charge in [-0.25, -0.2) is 4.99 Å². The van der Waals surface area contributed by atoms with E-state index >= 15 is 0 Å². The van der Waals surface area contributed by atoms with Crippen LogP contribution >= 0.6 is 51.2 Å². The van der Waals surface area contributed by atoms with Gasteiger partial charge in [0.15, 0.2) is 5.96 Å². The lowest BCUT2D eigenvalue weighted by atomic mass is 10.3. The second-order valence-corrected chi connectivity index (χ2v) is 7.42. The van der Waals surface area contributed by atoms with Gasteiger partial charge in [0, 0.05) is 22.5 Å². The molecule has 2 aromatic rings. The van der Waals surface area contributed by atoms with Crippen molar-refractivity contribution in [2.45, 2.75) is 18.4 Å². The molecule has 0 saturated heterocycles. The monoisotopic (exact) mass is 493 g/mol. The van der Waals surface area contributed by atoms with E-state index < -0.39 is 0 Å². The minimum absolute atomic E-state index is 0. The zero-order chi connectivity index (χ0) is 14.8. The van der Waals surface area contributed by atoms with Gasteiger partial charge in [-0.15, -0.1) is 35.3 Å². The van der Waals surface area contributed by atoms with Crippen molar-refractivity contribution in [3.8, 4) is 5.75 Å². The van der Waals surface area contributed by atoms with E-state index in [1.807, 2.05) is 24.3 Å². The normalized spacial score (nSPS) is 20.2. The minimum atomic E-state index is 0. The number of guanidine groups is 1. The molecular weight excluding hydrogens is 477 g/mol. The average molecular weight is 494 g/mol. The van der Waals surface area contributed by atoms with Gasteiger partial charge in [-0.05, 0) is 46.6 Å². The highest BCUT2D eigenvalue weighted by Gasteiger charge is 2.39. The summed E-state index contributed by atoms with van der Waals surface area (Å²) in [5.74, 6) is 1.75. The predicted octanol–water partition coefficient (Wildman–Crippen LogP) is 4.42. The summed E-state index contributed by atoms with van der Waals surface area (Å²) >= 11 is 5.26. The SMILES string of the molecule is COc1cccc(NC(N)=N[C@@H]2C[C@H]2c2ccc(Br)s2)c1.I. The summed E-state index contributed by atoms with van der Waals surface area (Å²) in [6, 6.07) is 12.2. The summed E-state index contributed by atoms with van der Waals surface area (Å²) in [7, 11) is 1.64. The summed E-state index contributed by atoms with van der Waals surface area (Å²) in [5.41, 5.74) is 6.86. The van der Waals surface area contributed by atoms with Crippen molar-refractivity contribution in [3.05, 3.63) is 45.1 Å². The first kappa shape index (κ1) is 17.6. The molecule has 0 spiro atoms. The topological polar surface area (TPSA) is 59.6 Å². The summed E-state index contributed by atoms with van der Waals surface area (Å²) in [6.07, 6.45) is 1.06. The average Bonchev–Trinajstić information content (AvgIpc) is 3.09. The Morgan fingerprint density at radius 3 is 2.91 bits per heavy atom. The molecule has 0 bridgehead atoms. The fourth-order valence-electron chi connectivity index (χ4n) is 2.22. The third-order valence-electron chi connectivity index (χ3n) is 3.36. The van der Waals surface area contributed by atoms with Gasteiger partial charge >= 0.3 is 0 Å². The number of benzene rings is 1. The number of aliphatic imine (C=N–C) groups is 1. The quantitative estimate of drug-likeness (QED) is 0.376. The van der Waals surface area contributed by atoms with Gasteiger partial charge in [0.25, 0.3) is 0 Å². The molecule has 22 heavy (non-hydrogen) atoms. The van der Waals surface area contributed by atoms with Crippen molar-refractivity contribution < 1.29 is 4.74 Å². The summed E-state index contributed by atoms with van der Waals surface area (Å²) < 4.78 is 6.34. The molecule has 4 nitrogen and oxygen atoms in total. The number of hydrogen-bond acceptors (Lipinski definition) is 3. The van der Waals surface area contributed by atoms with Crippen molar-refractivity contribution in [2.24, 2.45) is 10.7 Å². The third-order valence-corrected chi connectivity index (χ3v) is 5.12. The second kappa shape index (κ2) is 7.65. The Morgan fingerprint density at radius 1 is 1.41 bits per heavy atom. The minimum Gasteiger partial charge on any atom is -0.497 e. The Labute approximate surface area is 159 Å². The number of anilines is 1.